The zero-order chi connectivity index (χ0) is 26.7. The number of hydrogen-bond donors (Lipinski definition) is 3. The summed E-state index contributed by atoms with van der Waals surface area (Å²) in [5.74, 6) is -0.481. The Balaban J connectivity index is 1.57. The van der Waals surface area contributed by atoms with Crippen LogP contribution in [0, 0.1) is 11.3 Å². The van der Waals surface area contributed by atoms with Crippen molar-refractivity contribution in [2.45, 2.75) is 52.6 Å². The van der Waals surface area contributed by atoms with Gasteiger partial charge in [0.05, 0.1) is 26.7 Å². The zero-order valence-corrected chi connectivity index (χ0v) is 22.7. The van der Waals surface area contributed by atoms with E-state index in [9.17, 15) is 19.3 Å². The molecule has 2 aromatic heterocycles. The molecule has 4 N–H and O–H groups in total. The van der Waals surface area contributed by atoms with Crippen LogP contribution in [0.2, 0.25) is 0 Å². The number of nitrogens with zero attached hydrogens (tertiary/aromatic N) is 4. The standard InChI is InChI=1S/C21H33N6O7PS/c1-12(18(28)29)26-35(31,33-6-7-36-19(30)21(2,3)4)34-10-13-8-14(9-13)27-11-23-15-16(27)24-20(22)25-17(15)32-5/h11-14H,6-10H2,1-5H3,(H,26,31)(H,28,29)(H2,22,24,25). The predicted octanol–water partition coefficient (Wildman–Crippen LogP) is 2.88. The molecule has 0 saturated heterocycles. The second-order valence-corrected chi connectivity index (χ2v) is 12.4. The van der Waals surface area contributed by atoms with Crippen molar-refractivity contribution in [3.05, 3.63) is 6.33 Å². The zero-order valence-electron chi connectivity index (χ0n) is 21.0. The monoisotopic (exact) mass is 544 g/mol. The van der Waals surface area contributed by atoms with E-state index >= 15 is 0 Å². The first kappa shape index (κ1) is 28.3. The minimum absolute atomic E-state index is 0.0223. The molecule has 0 radical (unpaired) electrons. The summed E-state index contributed by atoms with van der Waals surface area (Å²) in [4.78, 5) is 36.0. The summed E-state index contributed by atoms with van der Waals surface area (Å²) in [7, 11) is -2.44. The van der Waals surface area contributed by atoms with Gasteiger partial charge in [0.2, 0.25) is 11.8 Å². The van der Waals surface area contributed by atoms with Gasteiger partial charge in [-0.25, -0.2) is 14.6 Å². The van der Waals surface area contributed by atoms with E-state index in [1.165, 1.54) is 14.0 Å². The van der Waals surface area contributed by atoms with E-state index in [1.54, 1.807) is 6.33 Å². The number of carbonyl (C=O) groups excluding carboxylic acids is 1. The first-order valence-corrected chi connectivity index (χ1v) is 14.0. The molecule has 36 heavy (non-hydrogen) atoms. The largest absolute Gasteiger partial charge is 0.480 e. The second-order valence-electron chi connectivity index (χ2n) is 9.61. The lowest BCUT2D eigenvalue weighted by Gasteiger charge is -2.36. The van der Waals surface area contributed by atoms with Crippen LogP contribution in [0.1, 0.15) is 46.6 Å². The fourth-order valence-electron chi connectivity index (χ4n) is 3.50. The first-order valence-electron chi connectivity index (χ1n) is 11.4. The van der Waals surface area contributed by atoms with Crippen molar-refractivity contribution in [1.29, 1.82) is 0 Å². The number of nitrogens with two attached hydrogens (primary N) is 1. The average molecular weight is 545 g/mol. The van der Waals surface area contributed by atoms with Crippen LogP contribution in [0.5, 0.6) is 5.88 Å². The van der Waals surface area contributed by atoms with Crippen LogP contribution in [0.3, 0.4) is 0 Å². The van der Waals surface area contributed by atoms with Crippen molar-refractivity contribution in [3.8, 4) is 5.88 Å². The number of rotatable bonds is 12. The Morgan fingerprint density at radius 3 is 2.64 bits per heavy atom. The summed E-state index contributed by atoms with van der Waals surface area (Å²) in [6.45, 7) is 6.85. The van der Waals surface area contributed by atoms with E-state index in [-0.39, 0.29) is 42.0 Å². The topological polar surface area (TPSA) is 181 Å². The molecule has 15 heteroatoms. The molecular formula is C21H33N6O7PS. The number of hydrogen-bond acceptors (Lipinski definition) is 11. The molecule has 3 rings (SSSR count). The van der Waals surface area contributed by atoms with Crippen molar-refractivity contribution in [2.24, 2.45) is 11.3 Å². The van der Waals surface area contributed by atoms with Crippen LogP contribution in [0.25, 0.3) is 11.2 Å². The number of methoxy groups -OCH3 is 1. The molecule has 1 fully saturated rings. The highest BCUT2D eigenvalue weighted by atomic mass is 32.2. The van der Waals surface area contributed by atoms with Gasteiger partial charge >= 0.3 is 13.7 Å². The minimum atomic E-state index is -3.93. The Kier molecular flexibility index (Phi) is 8.99. The molecule has 2 aromatic rings. The van der Waals surface area contributed by atoms with Gasteiger partial charge in [-0.3, -0.25) is 18.6 Å². The van der Waals surface area contributed by atoms with Gasteiger partial charge in [0.1, 0.15) is 6.04 Å². The molecule has 0 amide bonds. The number of thioether (sulfide) groups is 1. The Hall–Kier alpha value is -2.25. The van der Waals surface area contributed by atoms with E-state index in [0.717, 1.165) is 11.8 Å². The number of aliphatic carboxylic acids is 1. The summed E-state index contributed by atoms with van der Waals surface area (Å²) in [5.41, 5.74) is 6.35. The van der Waals surface area contributed by atoms with Gasteiger partial charge < -0.3 is 20.1 Å². The number of fused-ring (bicyclic) bond motifs is 1. The molecule has 2 atom stereocenters. The third kappa shape index (κ3) is 6.94. The van der Waals surface area contributed by atoms with E-state index < -0.39 is 25.2 Å². The molecule has 1 aliphatic rings. The van der Waals surface area contributed by atoms with Crippen molar-refractivity contribution >= 4 is 47.7 Å². The van der Waals surface area contributed by atoms with Crippen LogP contribution in [-0.2, 0) is 23.2 Å². The van der Waals surface area contributed by atoms with Crippen LogP contribution in [-0.4, -0.2) is 67.8 Å². The number of nitrogens with one attached hydrogen (secondary N) is 1. The van der Waals surface area contributed by atoms with Gasteiger partial charge in [0, 0.05) is 17.2 Å². The Bertz CT molecular complexity index is 1150. The molecule has 1 saturated carbocycles. The third-order valence-corrected chi connectivity index (χ3v) is 8.56. The maximum Gasteiger partial charge on any atom is 0.406 e. The van der Waals surface area contributed by atoms with E-state index in [2.05, 4.69) is 20.0 Å². The highest BCUT2D eigenvalue weighted by molar-refractivity contribution is 8.13. The lowest BCUT2D eigenvalue weighted by molar-refractivity contribution is -0.138. The maximum absolute atomic E-state index is 13.2. The summed E-state index contributed by atoms with van der Waals surface area (Å²) in [5, 5.41) is 11.6. The number of aromatic nitrogens is 4. The van der Waals surface area contributed by atoms with Gasteiger partial charge in [-0.1, -0.05) is 32.5 Å². The number of ether oxygens (including phenoxy) is 1. The molecule has 1 aliphatic carbocycles. The lowest BCUT2D eigenvalue weighted by Crippen LogP contribution is -2.34. The molecule has 2 heterocycles. The normalized spacial score (nSPS) is 20.5. The summed E-state index contributed by atoms with van der Waals surface area (Å²) in [6, 6.07) is -1.07. The number of carboxylic acids is 1. The molecular weight excluding hydrogens is 511 g/mol. The minimum Gasteiger partial charge on any atom is -0.480 e. The van der Waals surface area contributed by atoms with Crippen LogP contribution >= 0.6 is 19.5 Å². The maximum atomic E-state index is 13.2. The van der Waals surface area contributed by atoms with Gasteiger partial charge in [0.25, 0.3) is 0 Å². The average Bonchev–Trinajstić information content (AvgIpc) is 3.17. The number of anilines is 1. The highest BCUT2D eigenvalue weighted by Crippen LogP contribution is 2.48. The second kappa shape index (κ2) is 11.4. The summed E-state index contributed by atoms with van der Waals surface area (Å²) >= 11 is 1.07. The Morgan fingerprint density at radius 1 is 1.33 bits per heavy atom. The van der Waals surface area contributed by atoms with E-state index in [0.29, 0.717) is 29.9 Å². The number of nitrogen functional groups attached to an aromatic ring is 1. The van der Waals surface area contributed by atoms with Gasteiger partial charge in [-0.15, -0.1) is 0 Å². The predicted molar refractivity (Wildman–Crippen MR) is 135 cm³/mol. The molecule has 0 bridgehead atoms. The third-order valence-electron chi connectivity index (χ3n) is 5.60. The number of carboxylic acid groups (broad SMARTS) is 1. The van der Waals surface area contributed by atoms with Gasteiger partial charge in [0.15, 0.2) is 16.3 Å². The fourth-order valence-corrected chi connectivity index (χ4v) is 5.95. The first-order chi connectivity index (χ1) is 16.8. The Labute approximate surface area is 213 Å². The fraction of sp³-hybridized carbons (Fsp3) is 0.667. The van der Waals surface area contributed by atoms with Crippen LogP contribution < -0.4 is 15.6 Å². The number of carbonyl (C=O) groups is 2. The van der Waals surface area contributed by atoms with Gasteiger partial charge in [-0.05, 0) is 25.7 Å². The van der Waals surface area contributed by atoms with Crippen molar-refractivity contribution in [1.82, 2.24) is 24.6 Å². The molecule has 0 aliphatic heterocycles. The van der Waals surface area contributed by atoms with Crippen molar-refractivity contribution < 1.29 is 33.0 Å². The lowest BCUT2D eigenvalue weighted by atomic mass is 9.81. The van der Waals surface area contributed by atoms with Crippen LogP contribution in [0.15, 0.2) is 6.33 Å². The quantitative estimate of drug-likeness (QED) is 0.262. The molecule has 13 nitrogen and oxygen atoms in total. The molecule has 2 unspecified atom stereocenters. The Morgan fingerprint density at radius 2 is 2.03 bits per heavy atom. The molecule has 0 spiro atoms. The van der Waals surface area contributed by atoms with E-state index in [1.807, 2.05) is 25.3 Å². The highest BCUT2D eigenvalue weighted by Gasteiger charge is 2.36. The van der Waals surface area contributed by atoms with Crippen molar-refractivity contribution in [3.63, 3.8) is 0 Å². The number of imidazole rings is 1. The SMILES string of the molecule is COc1nc(N)nc2c1ncn2C1CC(COP(=O)(NC(C)C(=O)O)OCCSC(=O)C(C)(C)C)C1. The smallest absolute Gasteiger partial charge is 0.406 e. The van der Waals surface area contributed by atoms with E-state index in [4.69, 9.17) is 19.5 Å². The summed E-state index contributed by atoms with van der Waals surface area (Å²) in [6.07, 6.45) is 3.05. The molecule has 200 valence electrons. The molecule has 0 aromatic carbocycles. The van der Waals surface area contributed by atoms with Crippen LogP contribution in [0.4, 0.5) is 5.95 Å². The van der Waals surface area contributed by atoms with Gasteiger partial charge in [-0.2, -0.15) is 9.97 Å². The summed E-state index contributed by atoms with van der Waals surface area (Å²) < 4.78 is 31.4. The van der Waals surface area contributed by atoms with Crippen molar-refractivity contribution in [2.75, 3.05) is 31.8 Å².